The Hall–Kier alpha value is -1.14. The van der Waals surface area contributed by atoms with Gasteiger partial charge in [-0.05, 0) is 62.0 Å². The Morgan fingerprint density at radius 1 is 1.29 bits per heavy atom. The Labute approximate surface area is 139 Å². The lowest BCUT2D eigenvalue weighted by Gasteiger charge is -2.24. The van der Waals surface area contributed by atoms with E-state index < -0.39 is 0 Å². The molecule has 1 heterocycles. The van der Waals surface area contributed by atoms with Crippen LogP contribution in [-0.4, -0.2) is 30.7 Å². The summed E-state index contributed by atoms with van der Waals surface area (Å²) in [6, 6.07) is 12.0. The number of halogens is 1. The maximum Gasteiger partial charge on any atom is 0.170 e. The summed E-state index contributed by atoms with van der Waals surface area (Å²) in [5.74, 6) is 0. The highest BCUT2D eigenvalue weighted by Gasteiger charge is 2.15. The molecule has 6 heteroatoms. The number of nitrogens with one attached hydrogen (secondary N) is 2. The van der Waals surface area contributed by atoms with Crippen LogP contribution in [0.25, 0.3) is 0 Å². The summed E-state index contributed by atoms with van der Waals surface area (Å²) in [4.78, 5) is 3.51. The van der Waals surface area contributed by atoms with E-state index in [-0.39, 0.29) is 0 Å². The van der Waals surface area contributed by atoms with Crippen molar-refractivity contribution in [2.75, 3.05) is 26.0 Å². The molecule has 2 N–H and O–H groups in total. The van der Waals surface area contributed by atoms with E-state index in [1.807, 2.05) is 24.3 Å². The molecule has 2 rings (SSSR count). The van der Waals surface area contributed by atoms with E-state index in [9.17, 15) is 0 Å². The second-order valence-corrected chi connectivity index (χ2v) is 6.66. The van der Waals surface area contributed by atoms with Crippen molar-refractivity contribution in [3.05, 3.63) is 51.7 Å². The molecule has 0 aliphatic heterocycles. The summed E-state index contributed by atoms with van der Waals surface area (Å²) in [5.41, 5.74) is 0.925. The number of hydrogen-bond acceptors (Lipinski definition) is 3. The van der Waals surface area contributed by atoms with Crippen molar-refractivity contribution in [2.24, 2.45) is 0 Å². The SMILES string of the molecule is CN(C)C(CNC(=S)Nc1ccc(Cl)cc1)c1cccs1. The van der Waals surface area contributed by atoms with Gasteiger partial charge in [0.1, 0.15) is 0 Å². The lowest BCUT2D eigenvalue weighted by atomic mass is 10.2. The molecule has 1 aromatic heterocycles. The van der Waals surface area contributed by atoms with Crippen LogP contribution in [-0.2, 0) is 0 Å². The van der Waals surface area contributed by atoms with E-state index in [2.05, 4.69) is 47.1 Å². The van der Waals surface area contributed by atoms with E-state index in [1.165, 1.54) is 4.88 Å². The number of benzene rings is 1. The zero-order chi connectivity index (χ0) is 15.2. The van der Waals surface area contributed by atoms with Gasteiger partial charge in [0.05, 0.1) is 6.04 Å². The van der Waals surface area contributed by atoms with Crippen molar-refractivity contribution in [1.82, 2.24) is 10.2 Å². The van der Waals surface area contributed by atoms with E-state index in [4.69, 9.17) is 23.8 Å². The summed E-state index contributed by atoms with van der Waals surface area (Å²) in [5, 5.41) is 9.84. The highest BCUT2D eigenvalue weighted by Crippen LogP contribution is 2.22. The maximum absolute atomic E-state index is 5.86. The molecule has 0 saturated carbocycles. The predicted molar refractivity (Wildman–Crippen MR) is 96.4 cm³/mol. The molecule has 1 atom stereocenters. The quantitative estimate of drug-likeness (QED) is 0.805. The van der Waals surface area contributed by atoms with Crippen LogP contribution in [0.1, 0.15) is 10.9 Å². The van der Waals surface area contributed by atoms with Crippen LogP contribution in [0.2, 0.25) is 5.02 Å². The Morgan fingerprint density at radius 3 is 2.57 bits per heavy atom. The minimum absolute atomic E-state index is 0.301. The number of nitrogens with zero attached hydrogens (tertiary/aromatic N) is 1. The Kier molecular flexibility index (Phi) is 5.99. The first-order chi connectivity index (χ1) is 10.1. The van der Waals surface area contributed by atoms with Gasteiger partial charge in [-0.2, -0.15) is 0 Å². The molecule has 0 radical (unpaired) electrons. The molecule has 1 aromatic carbocycles. The molecule has 0 amide bonds. The number of thiophene rings is 1. The third kappa shape index (κ3) is 4.97. The summed E-state index contributed by atoms with van der Waals surface area (Å²) >= 11 is 13.0. The van der Waals surface area contributed by atoms with Gasteiger partial charge in [-0.15, -0.1) is 11.3 Å². The molecule has 112 valence electrons. The summed E-state index contributed by atoms with van der Waals surface area (Å²) < 4.78 is 0. The van der Waals surface area contributed by atoms with E-state index >= 15 is 0 Å². The fraction of sp³-hybridized carbons (Fsp3) is 0.267. The van der Waals surface area contributed by atoms with Crippen molar-refractivity contribution < 1.29 is 0 Å². The largest absolute Gasteiger partial charge is 0.360 e. The van der Waals surface area contributed by atoms with Gasteiger partial charge in [0, 0.05) is 22.1 Å². The normalized spacial score (nSPS) is 12.2. The summed E-state index contributed by atoms with van der Waals surface area (Å²) in [6.45, 7) is 0.757. The number of rotatable bonds is 5. The average Bonchev–Trinajstić information content (AvgIpc) is 2.95. The Morgan fingerprint density at radius 2 is 2.00 bits per heavy atom. The average molecular weight is 340 g/mol. The molecule has 21 heavy (non-hydrogen) atoms. The first-order valence-electron chi connectivity index (χ1n) is 6.56. The zero-order valence-corrected chi connectivity index (χ0v) is 14.4. The highest BCUT2D eigenvalue weighted by atomic mass is 35.5. The molecular weight excluding hydrogens is 322 g/mol. The van der Waals surface area contributed by atoms with Crippen molar-refractivity contribution in [3.63, 3.8) is 0 Å². The highest BCUT2D eigenvalue weighted by molar-refractivity contribution is 7.80. The fourth-order valence-electron chi connectivity index (χ4n) is 1.92. The smallest absolute Gasteiger partial charge is 0.170 e. The maximum atomic E-state index is 5.86. The summed E-state index contributed by atoms with van der Waals surface area (Å²) in [6.07, 6.45) is 0. The molecule has 0 spiro atoms. The predicted octanol–water partition coefficient (Wildman–Crippen LogP) is 3.99. The van der Waals surface area contributed by atoms with Gasteiger partial charge in [-0.1, -0.05) is 17.7 Å². The first kappa shape index (κ1) is 16.2. The van der Waals surface area contributed by atoms with Gasteiger partial charge < -0.3 is 15.5 Å². The molecule has 0 fully saturated rings. The summed E-state index contributed by atoms with van der Waals surface area (Å²) in [7, 11) is 4.14. The van der Waals surface area contributed by atoms with Gasteiger partial charge >= 0.3 is 0 Å². The minimum atomic E-state index is 0.301. The van der Waals surface area contributed by atoms with Crippen LogP contribution in [0.5, 0.6) is 0 Å². The van der Waals surface area contributed by atoms with Crippen molar-refractivity contribution in [3.8, 4) is 0 Å². The molecule has 0 aliphatic rings. The van der Waals surface area contributed by atoms with Gasteiger partial charge in [0.2, 0.25) is 0 Å². The van der Waals surface area contributed by atoms with Gasteiger partial charge in [-0.25, -0.2) is 0 Å². The van der Waals surface area contributed by atoms with E-state index in [1.54, 1.807) is 11.3 Å². The molecule has 0 aliphatic carbocycles. The van der Waals surface area contributed by atoms with Crippen LogP contribution in [0.4, 0.5) is 5.69 Å². The molecule has 3 nitrogen and oxygen atoms in total. The zero-order valence-electron chi connectivity index (χ0n) is 12.0. The van der Waals surface area contributed by atoms with E-state index in [0.29, 0.717) is 16.2 Å². The number of thiocarbonyl (C=S) groups is 1. The number of hydrogen-bond donors (Lipinski definition) is 2. The Bertz CT molecular complexity index is 567. The van der Waals surface area contributed by atoms with Crippen LogP contribution >= 0.6 is 35.2 Å². The lowest BCUT2D eigenvalue weighted by molar-refractivity contribution is 0.303. The molecule has 2 aromatic rings. The third-order valence-electron chi connectivity index (χ3n) is 3.05. The standard InChI is InChI=1S/C15H18ClN3S2/c1-19(2)13(14-4-3-9-21-14)10-17-15(20)18-12-7-5-11(16)6-8-12/h3-9,13H,10H2,1-2H3,(H2,17,18,20). The van der Waals surface area contributed by atoms with Gasteiger partial charge in [0.15, 0.2) is 5.11 Å². The van der Waals surface area contributed by atoms with Crippen molar-refractivity contribution in [2.45, 2.75) is 6.04 Å². The van der Waals surface area contributed by atoms with E-state index in [0.717, 1.165) is 12.2 Å². The van der Waals surface area contributed by atoms with Crippen LogP contribution < -0.4 is 10.6 Å². The van der Waals surface area contributed by atoms with Crippen molar-refractivity contribution >= 4 is 46.0 Å². The third-order valence-corrected chi connectivity index (χ3v) is 4.52. The van der Waals surface area contributed by atoms with Crippen LogP contribution in [0, 0.1) is 0 Å². The second kappa shape index (κ2) is 7.75. The minimum Gasteiger partial charge on any atom is -0.360 e. The number of anilines is 1. The molecule has 0 saturated heterocycles. The van der Waals surface area contributed by atoms with Crippen LogP contribution in [0.15, 0.2) is 41.8 Å². The first-order valence-corrected chi connectivity index (χ1v) is 8.23. The molecular formula is C15H18ClN3S2. The fourth-order valence-corrected chi connectivity index (χ4v) is 3.17. The van der Waals surface area contributed by atoms with Gasteiger partial charge in [-0.3, -0.25) is 0 Å². The van der Waals surface area contributed by atoms with Crippen molar-refractivity contribution in [1.29, 1.82) is 0 Å². The lowest BCUT2D eigenvalue weighted by Crippen LogP contribution is -2.36. The Balaban J connectivity index is 1.89. The molecule has 1 unspecified atom stereocenters. The monoisotopic (exact) mass is 339 g/mol. The van der Waals surface area contributed by atoms with Gasteiger partial charge in [0.25, 0.3) is 0 Å². The second-order valence-electron chi connectivity index (χ2n) is 4.84. The van der Waals surface area contributed by atoms with Crippen LogP contribution in [0.3, 0.4) is 0 Å². The topological polar surface area (TPSA) is 27.3 Å². The number of likely N-dealkylation sites (N-methyl/N-ethyl adjacent to an activating group) is 1. The molecule has 0 bridgehead atoms.